The van der Waals surface area contributed by atoms with Crippen LogP contribution in [0.2, 0.25) is 0 Å². The van der Waals surface area contributed by atoms with E-state index in [1.165, 1.54) is 0 Å². The van der Waals surface area contributed by atoms with E-state index in [1.54, 1.807) is 26.7 Å². The Balaban J connectivity index is 2.08. The van der Waals surface area contributed by atoms with Gasteiger partial charge in [-0.05, 0) is 24.1 Å². The van der Waals surface area contributed by atoms with Crippen molar-refractivity contribution in [2.45, 2.75) is 12.8 Å². The Bertz CT molecular complexity index is 774. The molecule has 0 aliphatic carbocycles. The van der Waals surface area contributed by atoms with Crippen molar-refractivity contribution in [3.05, 3.63) is 41.3 Å². The third-order valence-electron chi connectivity index (χ3n) is 3.72. The molecule has 7 heteroatoms. The van der Waals surface area contributed by atoms with Gasteiger partial charge in [0.1, 0.15) is 5.82 Å². The second-order valence-corrected chi connectivity index (χ2v) is 5.09. The minimum absolute atomic E-state index is 0.159. The summed E-state index contributed by atoms with van der Waals surface area (Å²) in [5, 5.41) is 0. The van der Waals surface area contributed by atoms with Gasteiger partial charge in [0.15, 0.2) is 11.5 Å². The molecular formula is C16H18N4O3. The summed E-state index contributed by atoms with van der Waals surface area (Å²) >= 11 is 0. The van der Waals surface area contributed by atoms with E-state index >= 15 is 0 Å². The molecule has 1 aromatic carbocycles. The smallest absolute Gasteiger partial charge is 0.221 e. The van der Waals surface area contributed by atoms with Crippen molar-refractivity contribution in [2.24, 2.45) is 0 Å². The first-order valence-electron chi connectivity index (χ1n) is 7.09. The van der Waals surface area contributed by atoms with Crippen molar-refractivity contribution >= 4 is 11.8 Å². The number of fused-ring (bicyclic) bond motifs is 1. The van der Waals surface area contributed by atoms with Crippen molar-refractivity contribution in [1.29, 1.82) is 0 Å². The van der Waals surface area contributed by atoms with Gasteiger partial charge in [-0.15, -0.1) is 0 Å². The fraction of sp³-hybridized carbons (Fsp3) is 0.250. The predicted octanol–water partition coefficient (Wildman–Crippen LogP) is 1.70. The number of methoxy groups -OCH3 is 2. The number of anilines is 2. The van der Waals surface area contributed by atoms with Gasteiger partial charge in [-0.3, -0.25) is 0 Å². The van der Waals surface area contributed by atoms with Gasteiger partial charge in [-0.1, -0.05) is 0 Å². The predicted molar refractivity (Wildman–Crippen MR) is 86.7 cm³/mol. The van der Waals surface area contributed by atoms with E-state index < -0.39 is 0 Å². The van der Waals surface area contributed by atoms with Crippen LogP contribution in [0.4, 0.5) is 11.8 Å². The van der Waals surface area contributed by atoms with Crippen LogP contribution in [0.5, 0.6) is 17.2 Å². The van der Waals surface area contributed by atoms with Crippen molar-refractivity contribution < 1.29 is 14.2 Å². The molecule has 2 heterocycles. The fourth-order valence-corrected chi connectivity index (χ4v) is 2.61. The minimum Gasteiger partial charge on any atom is -0.493 e. The molecule has 0 spiro atoms. The van der Waals surface area contributed by atoms with Crippen LogP contribution in [-0.2, 0) is 12.8 Å². The molecule has 0 fully saturated rings. The molecular weight excluding hydrogens is 296 g/mol. The molecule has 1 aliphatic rings. The molecule has 0 saturated heterocycles. The maximum Gasteiger partial charge on any atom is 0.221 e. The van der Waals surface area contributed by atoms with Crippen LogP contribution in [0.1, 0.15) is 16.7 Å². The highest BCUT2D eigenvalue weighted by Gasteiger charge is 2.22. The van der Waals surface area contributed by atoms with Crippen LogP contribution in [-0.4, -0.2) is 24.2 Å². The van der Waals surface area contributed by atoms with Crippen LogP contribution in [0.25, 0.3) is 0 Å². The maximum atomic E-state index is 5.94. The summed E-state index contributed by atoms with van der Waals surface area (Å²) in [6, 6.07) is 1.93. The van der Waals surface area contributed by atoms with Crippen molar-refractivity contribution in [3.8, 4) is 17.2 Å². The van der Waals surface area contributed by atoms with Crippen LogP contribution in [0, 0.1) is 0 Å². The number of rotatable bonds is 4. The maximum absolute atomic E-state index is 5.94. The molecule has 2 aromatic rings. The number of aromatic nitrogens is 2. The molecule has 1 aromatic heterocycles. The Morgan fingerprint density at radius 2 is 2.04 bits per heavy atom. The van der Waals surface area contributed by atoms with Gasteiger partial charge in [0.2, 0.25) is 11.7 Å². The molecule has 0 atom stereocenters. The molecule has 0 unspecified atom stereocenters. The lowest BCUT2D eigenvalue weighted by atomic mass is 9.96. The van der Waals surface area contributed by atoms with Gasteiger partial charge < -0.3 is 25.7 Å². The Morgan fingerprint density at radius 3 is 2.74 bits per heavy atom. The number of hydrogen-bond donors (Lipinski definition) is 2. The quantitative estimate of drug-likeness (QED) is 0.884. The van der Waals surface area contributed by atoms with Crippen LogP contribution in [0.3, 0.4) is 0 Å². The third kappa shape index (κ3) is 2.73. The van der Waals surface area contributed by atoms with Crippen LogP contribution < -0.4 is 25.7 Å². The lowest BCUT2D eigenvalue weighted by molar-refractivity contribution is 0.332. The highest BCUT2D eigenvalue weighted by Crippen LogP contribution is 2.44. The minimum atomic E-state index is 0.159. The first kappa shape index (κ1) is 15.0. The highest BCUT2D eigenvalue weighted by molar-refractivity contribution is 5.62. The number of hydrogen-bond acceptors (Lipinski definition) is 7. The number of nitrogens with zero attached hydrogens (tertiary/aromatic N) is 2. The number of nitrogen functional groups attached to an aromatic ring is 2. The van der Waals surface area contributed by atoms with Gasteiger partial charge in [0, 0.05) is 23.7 Å². The Morgan fingerprint density at radius 1 is 1.22 bits per heavy atom. The Labute approximate surface area is 133 Å². The molecule has 0 radical (unpaired) electrons. The Hall–Kier alpha value is -2.96. The summed E-state index contributed by atoms with van der Waals surface area (Å²) in [4.78, 5) is 8.01. The van der Waals surface area contributed by atoms with Crippen LogP contribution in [0.15, 0.2) is 24.6 Å². The van der Waals surface area contributed by atoms with Gasteiger partial charge in [0.05, 0.1) is 20.5 Å². The van der Waals surface area contributed by atoms with Crippen molar-refractivity contribution in [1.82, 2.24) is 9.97 Å². The standard InChI is InChI=1S/C16H18N4O3/c1-21-12-7-9(6-10-8-19-16(18)20-15(10)17)11-4-3-5-23-13(11)14(12)22-2/h3,5,7-8H,4,6H2,1-2H3,(H4,17,18,19,20). The third-order valence-corrected chi connectivity index (χ3v) is 3.72. The lowest BCUT2D eigenvalue weighted by Gasteiger charge is -2.21. The second-order valence-electron chi connectivity index (χ2n) is 5.09. The lowest BCUT2D eigenvalue weighted by Crippen LogP contribution is -2.08. The summed E-state index contributed by atoms with van der Waals surface area (Å²) in [6.07, 6.45) is 6.52. The van der Waals surface area contributed by atoms with E-state index in [9.17, 15) is 0 Å². The van der Waals surface area contributed by atoms with Gasteiger partial charge in [-0.25, -0.2) is 4.98 Å². The summed E-state index contributed by atoms with van der Waals surface area (Å²) in [5.41, 5.74) is 14.3. The van der Waals surface area contributed by atoms with Crippen molar-refractivity contribution in [3.63, 3.8) is 0 Å². The zero-order valence-electron chi connectivity index (χ0n) is 13.0. The number of ether oxygens (including phenoxy) is 3. The summed E-state index contributed by atoms with van der Waals surface area (Å²) in [5.74, 6) is 2.38. The summed E-state index contributed by atoms with van der Waals surface area (Å²) in [6.45, 7) is 0. The number of benzene rings is 1. The molecule has 23 heavy (non-hydrogen) atoms. The molecule has 7 nitrogen and oxygen atoms in total. The topological polar surface area (TPSA) is 106 Å². The SMILES string of the molecule is COc1cc(Cc2cnc(N)nc2N)c2c(c1OC)OC=CC2. The molecule has 0 bridgehead atoms. The van der Waals surface area contributed by atoms with E-state index in [1.807, 2.05) is 12.1 Å². The number of allylic oxidation sites excluding steroid dienone is 1. The molecule has 1 aliphatic heterocycles. The second kappa shape index (κ2) is 6.04. The first-order chi connectivity index (χ1) is 11.1. The largest absolute Gasteiger partial charge is 0.493 e. The number of nitrogens with two attached hydrogens (primary N) is 2. The highest BCUT2D eigenvalue weighted by atomic mass is 16.5. The normalized spacial score (nSPS) is 12.4. The summed E-state index contributed by atoms with van der Waals surface area (Å²) in [7, 11) is 3.18. The Kier molecular flexibility index (Phi) is 3.92. The molecule has 0 saturated carbocycles. The zero-order valence-corrected chi connectivity index (χ0v) is 13.0. The zero-order chi connectivity index (χ0) is 16.4. The first-order valence-corrected chi connectivity index (χ1v) is 7.09. The molecule has 3 rings (SSSR count). The molecule has 120 valence electrons. The van der Waals surface area contributed by atoms with E-state index in [2.05, 4.69) is 9.97 Å². The van der Waals surface area contributed by atoms with E-state index in [4.69, 9.17) is 25.7 Å². The van der Waals surface area contributed by atoms with Gasteiger partial charge in [-0.2, -0.15) is 4.98 Å². The van der Waals surface area contributed by atoms with Gasteiger partial charge in [0.25, 0.3) is 0 Å². The average Bonchev–Trinajstić information content (AvgIpc) is 2.56. The fourth-order valence-electron chi connectivity index (χ4n) is 2.61. The van der Waals surface area contributed by atoms with Gasteiger partial charge >= 0.3 is 0 Å². The monoisotopic (exact) mass is 314 g/mol. The van der Waals surface area contributed by atoms with E-state index in [0.717, 1.165) is 23.1 Å². The molecule has 0 amide bonds. The molecule has 4 N–H and O–H groups in total. The average molecular weight is 314 g/mol. The van der Waals surface area contributed by atoms with E-state index in [0.29, 0.717) is 29.5 Å². The van der Waals surface area contributed by atoms with Crippen molar-refractivity contribution in [2.75, 3.05) is 25.7 Å². The summed E-state index contributed by atoms with van der Waals surface area (Å²) < 4.78 is 16.5. The van der Waals surface area contributed by atoms with E-state index in [-0.39, 0.29) is 5.95 Å². The van der Waals surface area contributed by atoms with Crippen LogP contribution >= 0.6 is 0 Å².